The maximum Gasteiger partial charge on any atom is 0.426 e. The van der Waals surface area contributed by atoms with E-state index >= 15 is 0 Å². The highest BCUT2D eigenvalue weighted by atomic mass is 35.5. The van der Waals surface area contributed by atoms with Crippen molar-refractivity contribution in [1.82, 2.24) is 4.98 Å². The molecular formula is C16H12ClF6N3O4S. The molecule has 0 spiro atoms. The lowest BCUT2D eigenvalue weighted by Gasteiger charge is -2.25. The van der Waals surface area contributed by atoms with Crippen LogP contribution in [0.25, 0.3) is 0 Å². The molecule has 1 aromatic heterocycles. The number of alkyl halides is 6. The molecule has 1 amide bonds. The van der Waals surface area contributed by atoms with Gasteiger partial charge >= 0.3 is 12.4 Å². The van der Waals surface area contributed by atoms with E-state index in [1.807, 2.05) is 4.72 Å². The van der Waals surface area contributed by atoms with Gasteiger partial charge in [0.05, 0.1) is 21.2 Å². The van der Waals surface area contributed by atoms with Crippen molar-refractivity contribution in [2.45, 2.75) is 29.8 Å². The number of sulfonamides is 1. The minimum Gasteiger partial charge on any atom is -0.373 e. The van der Waals surface area contributed by atoms with Crippen LogP contribution in [-0.4, -0.2) is 36.2 Å². The summed E-state index contributed by atoms with van der Waals surface area (Å²) in [6, 6.07) is 3.86. The molecule has 2 aromatic rings. The lowest BCUT2D eigenvalue weighted by Crippen LogP contribution is -2.52. The van der Waals surface area contributed by atoms with Crippen molar-refractivity contribution < 1.29 is 44.7 Å². The zero-order chi connectivity index (χ0) is 23.8. The molecule has 0 radical (unpaired) electrons. The molecule has 3 N–H and O–H groups in total. The van der Waals surface area contributed by atoms with Gasteiger partial charge in [0, 0.05) is 6.20 Å². The standard InChI is InChI=1S/C16H12ClF6N3O4S/c1-14(28,16(21,22)23)13(27)25-11-4-3-9(6-10(11)17)31(29,30)26-12-5-2-8(7-24-12)15(18,19)20/h2-7,28H,1H3,(H,24,26)(H,25,27). The van der Waals surface area contributed by atoms with Gasteiger partial charge in [-0.15, -0.1) is 0 Å². The Labute approximate surface area is 176 Å². The summed E-state index contributed by atoms with van der Waals surface area (Å²) in [5.74, 6) is -2.30. The van der Waals surface area contributed by atoms with Gasteiger partial charge < -0.3 is 10.4 Å². The smallest absolute Gasteiger partial charge is 0.373 e. The fourth-order valence-corrected chi connectivity index (χ4v) is 3.28. The molecule has 0 saturated heterocycles. The minimum atomic E-state index is -5.29. The van der Waals surface area contributed by atoms with Gasteiger partial charge in [-0.1, -0.05) is 11.6 Å². The second-order valence-electron chi connectivity index (χ2n) is 6.20. The van der Waals surface area contributed by atoms with Gasteiger partial charge in [0.15, 0.2) is 0 Å². The fraction of sp³-hybridized carbons (Fsp3) is 0.250. The highest BCUT2D eigenvalue weighted by Gasteiger charge is 2.55. The summed E-state index contributed by atoms with van der Waals surface area (Å²) in [6.45, 7) is 0.218. The number of halogens is 7. The van der Waals surface area contributed by atoms with E-state index in [0.717, 1.165) is 24.3 Å². The third-order valence-corrected chi connectivity index (χ3v) is 5.49. The van der Waals surface area contributed by atoms with Gasteiger partial charge in [0.2, 0.25) is 5.60 Å². The second-order valence-corrected chi connectivity index (χ2v) is 8.29. The molecule has 1 unspecified atom stereocenters. The summed E-state index contributed by atoms with van der Waals surface area (Å²) < 4.78 is 102. The zero-order valence-electron chi connectivity index (χ0n) is 15.1. The summed E-state index contributed by atoms with van der Waals surface area (Å²) in [4.78, 5) is 14.5. The van der Waals surface area contributed by atoms with E-state index in [4.69, 9.17) is 11.6 Å². The number of nitrogens with zero attached hydrogens (tertiary/aromatic N) is 1. The van der Waals surface area contributed by atoms with Crippen LogP contribution < -0.4 is 10.0 Å². The SMILES string of the molecule is CC(O)(C(=O)Nc1ccc(S(=O)(=O)Nc2ccc(C(F)(F)F)cn2)cc1Cl)C(F)(F)F. The number of aliphatic hydroxyl groups is 1. The van der Waals surface area contributed by atoms with Gasteiger partial charge in [-0.3, -0.25) is 9.52 Å². The Morgan fingerprint density at radius 3 is 2.16 bits per heavy atom. The van der Waals surface area contributed by atoms with E-state index in [-0.39, 0.29) is 6.92 Å². The Hall–Kier alpha value is -2.58. The normalized spacial score (nSPS) is 14.6. The molecule has 1 aromatic carbocycles. The Bertz CT molecular complexity index is 1090. The molecule has 0 fully saturated rings. The van der Waals surface area contributed by atoms with Crippen LogP contribution in [0.15, 0.2) is 41.4 Å². The molecule has 1 atom stereocenters. The Morgan fingerprint density at radius 1 is 1.10 bits per heavy atom. The number of rotatable bonds is 5. The van der Waals surface area contributed by atoms with Crippen molar-refractivity contribution in [1.29, 1.82) is 0 Å². The number of benzene rings is 1. The van der Waals surface area contributed by atoms with Gasteiger partial charge in [-0.05, 0) is 37.3 Å². The van der Waals surface area contributed by atoms with Crippen molar-refractivity contribution in [3.63, 3.8) is 0 Å². The molecule has 0 aliphatic carbocycles. The predicted octanol–water partition coefficient (Wildman–Crippen LogP) is 3.81. The Balaban J connectivity index is 2.22. The number of aromatic nitrogens is 1. The van der Waals surface area contributed by atoms with Gasteiger partial charge in [0.1, 0.15) is 5.82 Å². The van der Waals surface area contributed by atoms with Crippen molar-refractivity contribution in [2.24, 2.45) is 0 Å². The lowest BCUT2D eigenvalue weighted by molar-refractivity contribution is -0.242. The molecule has 15 heteroatoms. The van der Waals surface area contributed by atoms with Gasteiger partial charge in [0.25, 0.3) is 15.9 Å². The second kappa shape index (κ2) is 8.16. The fourth-order valence-electron chi connectivity index (χ4n) is 1.96. The minimum absolute atomic E-state index is 0.218. The number of hydrogen-bond acceptors (Lipinski definition) is 5. The van der Waals surface area contributed by atoms with Crippen LogP contribution in [0.5, 0.6) is 0 Å². The highest BCUT2D eigenvalue weighted by Crippen LogP contribution is 2.33. The average molecular weight is 492 g/mol. The number of hydrogen-bond donors (Lipinski definition) is 3. The maximum atomic E-state index is 12.7. The topological polar surface area (TPSA) is 108 Å². The first kappa shape index (κ1) is 24.7. The summed E-state index contributed by atoms with van der Waals surface area (Å²) >= 11 is 5.81. The summed E-state index contributed by atoms with van der Waals surface area (Å²) in [5, 5.41) is 10.6. The first-order valence-corrected chi connectivity index (χ1v) is 9.77. The third-order valence-electron chi connectivity index (χ3n) is 3.82. The monoisotopic (exact) mass is 491 g/mol. The largest absolute Gasteiger partial charge is 0.426 e. The quantitative estimate of drug-likeness (QED) is 0.551. The highest BCUT2D eigenvalue weighted by molar-refractivity contribution is 7.92. The van der Waals surface area contributed by atoms with E-state index in [9.17, 15) is 44.7 Å². The lowest BCUT2D eigenvalue weighted by atomic mass is 10.1. The first-order chi connectivity index (χ1) is 13.9. The van der Waals surface area contributed by atoms with Crippen molar-refractivity contribution in [2.75, 3.05) is 10.0 Å². The van der Waals surface area contributed by atoms with E-state index in [1.165, 1.54) is 0 Å². The summed E-state index contributed by atoms with van der Waals surface area (Å²) in [7, 11) is -4.40. The Morgan fingerprint density at radius 2 is 1.71 bits per heavy atom. The number of carbonyl (C=O) groups excluding carboxylic acids is 1. The summed E-state index contributed by atoms with van der Waals surface area (Å²) in [6.07, 6.45) is -9.55. The first-order valence-electron chi connectivity index (χ1n) is 7.91. The van der Waals surface area contributed by atoms with Crippen LogP contribution in [-0.2, 0) is 21.0 Å². The molecule has 0 bridgehead atoms. The molecule has 1 heterocycles. The van der Waals surface area contributed by atoms with Crippen LogP contribution in [0.1, 0.15) is 12.5 Å². The molecule has 0 aliphatic heterocycles. The van der Waals surface area contributed by atoms with Crippen molar-refractivity contribution in [3.8, 4) is 0 Å². The van der Waals surface area contributed by atoms with E-state index in [0.29, 0.717) is 12.3 Å². The molecule has 2 rings (SSSR count). The van der Waals surface area contributed by atoms with Crippen LogP contribution in [0.2, 0.25) is 5.02 Å². The molecule has 7 nitrogen and oxygen atoms in total. The Kier molecular flexibility index (Phi) is 6.50. The zero-order valence-corrected chi connectivity index (χ0v) is 16.7. The van der Waals surface area contributed by atoms with Crippen molar-refractivity contribution >= 4 is 39.0 Å². The molecular weight excluding hydrogens is 480 g/mol. The number of amides is 1. The van der Waals surface area contributed by atoms with Gasteiger partial charge in [-0.25, -0.2) is 13.4 Å². The predicted molar refractivity (Wildman–Crippen MR) is 96.8 cm³/mol. The molecule has 170 valence electrons. The number of nitrogens with one attached hydrogen (secondary N) is 2. The number of carbonyl (C=O) groups is 1. The maximum absolute atomic E-state index is 12.7. The van der Waals surface area contributed by atoms with Crippen LogP contribution >= 0.6 is 11.6 Å². The van der Waals surface area contributed by atoms with E-state index < -0.39 is 60.9 Å². The van der Waals surface area contributed by atoms with Crippen LogP contribution in [0, 0.1) is 0 Å². The van der Waals surface area contributed by atoms with E-state index in [1.54, 1.807) is 5.32 Å². The number of pyridine rings is 1. The molecule has 31 heavy (non-hydrogen) atoms. The van der Waals surface area contributed by atoms with Crippen molar-refractivity contribution in [3.05, 3.63) is 47.1 Å². The third kappa shape index (κ3) is 5.57. The van der Waals surface area contributed by atoms with Gasteiger partial charge in [-0.2, -0.15) is 26.3 Å². The van der Waals surface area contributed by atoms with E-state index in [2.05, 4.69) is 4.98 Å². The number of anilines is 2. The molecule has 0 aliphatic rings. The average Bonchev–Trinajstić information content (AvgIpc) is 2.61. The molecule has 0 saturated carbocycles. The van der Waals surface area contributed by atoms with Crippen LogP contribution in [0.3, 0.4) is 0 Å². The summed E-state index contributed by atoms with van der Waals surface area (Å²) in [5.41, 5.74) is -5.27. The van der Waals surface area contributed by atoms with Crippen LogP contribution in [0.4, 0.5) is 37.8 Å².